The molecule has 1 aliphatic heterocycles. The maximum Gasteiger partial charge on any atom is 0.256 e. The van der Waals surface area contributed by atoms with E-state index in [1.165, 1.54) is 6.07 Å². The SMILES string of the molecule is CCNC(=O)[C@@](O)(CC)c1ccc(Cc2nc(-c3c(F)cccc3F)nc3c2C(=O)NC3)cc1. The van der Waals surface area contributed by atoms with E-state index in [1.807, 2.05) is 0 Å². The predicted octanol–water partition coefficient (Wildman–Crippen LogP) is 2.99. The molecule has 176 valence electrons. The summed E-state index contributed by atoms with van der Waals surface area (Å²) in [7, 11) is 0. The molecule has 34 heavy (non-hydrogen) atoms. The number of carbonyl (C=O) groups excluding carboxylic acids is 2. The van der Waals surface area contributed by atoms with Crippen molar-refractivity contribution in [2.75, 3.05) is 6.54 Å². The number of nitrogens with one attached hydrogen (secondary N) is 2. The van der Waals surface area contributed by atoms with E-state index in [0.29, 0.717) is 23.5 Å². The molecule has 2 heterocycles. The highest BCUT2D eigenvalue weighted by atomic mass is 19.1. The largest absolute Gasteiger partial charge is 0.375 e. The van der Waals surface area contributed by atoms with Crippen molar-refractivity contribution in [1.29, 1.82) is 0 Å². The van der Waals surface area contributed by atoms with E-state index in [-0.39, 0.29) is 42.2 Å². The Morgan fingerprint density at radius 3 is 2.38 bits per heavy atom. The van der Waals surface area contributed by atoms with Crippen LogP contribution in [-0.4, -0.2) is 33.4 Å². The van der Waals surface area contributed by atoms with Crippen LogP contribution in [0, 0.1) is 11.6 Å². The van der Waals surface area contributed by atoms with Gasteiger partial charge < -0.3 is 15.7 Å². The van der Waals surface area contributed by atoms with Crippen molar-refractivity contribution in [3.63, 3.8) is 0 Å². The van der Waals surface area contributed by atoms with Crippen molar-refractivity contribution in [1.82, 2.24) is 20.6 Å². The number of amides is 2. The van der Waals surface area contributed by atoms with E-state index in [4.69, 9.17) is 0 Å². The van der Waals surface area contributed by atoms with Crippen LogP contribution in [0.3, 0.4) is 0 Å². The second kappa shape index (κ2) is 9.26. The minimum absolute atomic E-state index is 0.130. The second-order valence-electron chi connectivity index (χ2n) is 8.04. The summed E-state index contributed by atoms with van der Waals surface area (Å²) >= 11 is 0. The number of aromatic nitrogens is 2. The quantitative estimate of drug-likeness (QED) is 0.497. The standard InChI is InChI=1S/C25H24F2N4O3/c1-3-25(34,24(33)28-4-2)15-10-8-14(9-11-15)12-18-21-19(13-29-23(21)32)31-22(30-18)20-16(26)6-5-7-17(20)27/h5-11,34H,3-4,12-13H2,1-2H3,(H,28,33)(H,29,32)/t25-/m1/s1. The van der Waals surface area contributed by atoms with Gasteiger partial charge in [-0.15, -0.1) is 0 Å². The third kappa shape index (κ3) is 4.14. The van der Waals surface area contributed by atoms with Gasteiger partial charge in [0, 0.05) is 13.0 Å². The van der Waals surface area contributed by atoms with Crippen LogP contribution < -0.4 is 10.6 Å². The highest BCUT2D eigenvalue weighted by molar-refractivity contribution is 5.99. The minimum atomic E-state index is -1.67. The average molecular weight is 466 g/mol. The summed E-state index contributed by atoms with van der Waals surface area (Å²) in [5.74, 6) is -2.55. The molecule has 1 aliphatic rings. The monoisotopic (exact) mass is 466 g/mol. The van der Waals surface area contributed by atoms with E-state index < -0.39 is 23.1 Å². The number of likely N-dealkylation sites (N-methyl/N-ethyl adjacent to an activating group) is 1. The molecular weight excluding hydrogens is 442 g/mol. The Hall–Kier alpha value is -3.72. The fourth-order valence-corrected chi connectivity index (χ4v) is 4.05. The lowest BCUT2D eigenvalue weighted by atomic mass is 9.89. The molecular formula is C25H24F2N4O3. The highest BCUT2D eigenvalue weighted by Crippen LogP contribution is 2.29. The molecule has 0 fully saturated rings. The Balaban J connectivity index is 1.71. The van der Waals surface area contributed by atoms with Crippen LogP contribution >= 0.6 is 0 Å². The molecule has 3 N–H and O–H groups in total. The van der Waals surface area contributed by atoms with Crippen LogP contribution in [0.25, 0.3) is 11.4 Å². The number of hydrogen-bond acceptors (Lipinski definition) is 5. The van der Waals surface area contributed by atoms with Crippen molar-refractivity contribution < 1.29 is 23.5 Å². The number of benzene rings is 2. The molecule has 0 spiro atoms. The van der Waals surface area contributed by atoms with E-state index in [9.17, 15) is 23.5 Å². The summed E-state index contributed by atoms with van der Waals surface area (Å²) in [5, 5.41) is 16.2. The Labute approximate surface area is 195 Å². The van der Waals surface area contributed by atoms with Gasteiger partial charge in [-0.05, 0) is 36.6 Å². The number of nitrogens with zero attached hydrogens (tertiary/aromatic N) is 2. The lowest BCUT2D eigenvalue weighted by Gasteiger charge is -2.26. The Morgan fingerprint density at radius 2 is 1.76 bits per heavy atom. The molecule has 0 unspecified atom stereocenters. The number of rotatable bonds is 7. The van der Waals surface area contributed by atoms with Crippen molar-refractivity contribution in [2.45, 2.75) is 38.8 Å². The molecule has 4 rings (SSSR count). The van der Waals surface area contributed by atoms with Crippen molar-refractivity contribution in [2.24, 2.45) is 0 Å². The van der Waals surface area contributed by atoms with Gasteiger partial charge in [0.1, 0.15) is 11.6 Å². The molecule has 0 saturated heterocycles. The smallest absolute Gasteiger partial charge is 0.256 e. The summed E-state index contributed by atoms with van der Waals surface area (Å²) in [6, 6.07) is 10.2. The summed E-state index contributed by atoms with van der Waals surface area (Å²) < 4.78 is 28.7. The maximum absolute atomic E-state index is 14.4. The van der Waals surface area contributed by atoms with Crippen LogP contribution in [0.15, 0.2) is 42.5 Å². The van der Waals surface area contributed by atoms with E-state index in [0.717, 1.165) is 17.7 Å². The van der Waals surface area contributed by atoms with Gasteiger partial charge in [-0.25, -0.2) is 18.7 Å². The third-order valence-electron chi connectivity index (χ3n) is 5.92. The molecule has 9 heteroatoms. The van der Waals surface area contributed by atoms with Crippen LogP contribution in [0.2, 0.25) is 0 Å². The molecule has 1 aromatic heterocycles. The molecule has 0 bridgehead atoms. The zero-order valence-corrected chi connectivity index (χ0v) is 18.8. The fraction of sp³-hybridized carbons (Fsp3) is 0.280. The number of aliphatic hydroxyl groups is 1. The first kappa shape index (κ1) is 23.4. The van der Waals surface area contributed by atoms with Gasteiger partial charge in [0.15, 0.2) is 11.4 Å². The van der Waals surface area contributed by atoms with Gasteiger partial charge in [0.05, 0.1) is 29.1 Å². The minimum Gasteiger partial charge on any atom is -0.375 e. The molecule has 0 saturated carbocycles. The Kier molecular flexibility index (Phi) is 6.39. The summed E-state index contributed by atoms with van der Waals surface area (Å²) in [4.78, 5) is 33.4. The lowest BCUT2D eigenvalue weighted by Crippen LogP contribution is -2.44. The van der Waals surface area contributed by atoms with Gasteiger partial charge in [-0.3, -0.25) is 9.59 Å². The number of carbonyl (C=O) groups is 2. The van der Waals surface area contributed by atoms with Gasteiger partial charge in [-0.2, -0.15) is 0 Å². The zero-order valence-electron chi connectivity index (χ0n) is 18.8. The molecule has 7 nitrogen and oxygen atoms in total. The first-order valence-electron chi connectivity index (χ1n) is 11.0. The first-order valence-corrected chi connectivity index (χ1v) is 11.0. The van der Waals surface area contributed by atoms with E-state index in [1.54, 1.807) is 38.1 Å². The van der Waals surface area contributed by atoms with Gasteiger partial charge in [-0.1, -0.05) is 37.3 Å². The second-order valence-corrected chi connectivity index (χ2v) is 8.04. The molecule has 1 atom stereocenters. The van der Waals surface area contributed by atoms with Crippen LogP contribution in [0.5, 0.6) is 0 Å². The Bertz CT molecular complexity index is 1240. The zero-order chi connectivity index (χ0) is 24.5. The van der Waals surface area contributed by atoms with Crippen molar-refractivity contribution in [3.8, 4) is 11.4 Å². The van der Waals surface area contributed by atoms with Crippen LogP contribution in [0.4, 0.5) is 8.78 Å². The topological polar surface area (TPSA) is 104 Å². The van der Waals surface area contributed by atoms with E-state index >= 15 is 0 Å². The molecule has 0 aliphatic carbocycles. The fourth-order valence-electron chi connectivity index (χ4n) is 4.05. The van der Waals surface area contributed by atoms with Crippen molar-refractivity contribution >= 4 is 11.8 Å². The lowest BCUT2D eigenvalue weighted by molar-refractivity contribution is -0.141. The Morgan fingerprint density at radius 1 is 1.09 bits per heavy atom. The average Bonchev–Trinajstić information content (AvgIpc) is 3.20. The molecule has 2 aromatic carbocycles. The molecule has 3 aromatic rings. The highest BCUT2D eigenvalue weighted by Gasteiger charge is 2.35. The van der Waals surface area contributed by atoms with Crippen LogP contribution in [-0.2, 0) is 23.4 Å². The number of hydrogen-bond donors (Lipinski definition) is 3. The molecule has 2 amide bonds. The van der Waals surface area contributed by atoms with Crippen molar-refractivity contribution in [3.05, 3.63) is 82.2 Å². The van der Waals surface area contributed by atoms with Gasteiger partial charge >= 0.3 is 0 Å². The predicted molar refractivity (Wildman–Crippen MR) is 121 cm³/mol. The maximum atomic E-state index is 14.4. The van der Waals surface area contributed by atoms with Gasteiger partial charge in [0.25, 0.3) is 11.8 Å². The van der Waals surface area contributed by atoms with E-state index in [2.05, 4.69) is 20.6 Å². The van der Waals surface area contributed by atoms with Crippen LogP contribution in [0.1, 0.15) is 53.1 Å². The molecule has 0 radical (unpaired) electrons. The summed E-state index contributed by atoms with van der Waals surface area (Å²) in [6.07, 6.45) is 0.378. The van der Waals surface area contributed by atoms with Gasteiger partial charge in [0.2, 0.25) is 0 Å². The normalized spacial score (nSPS) is 14.3. The number of halogens is 2. The summed E-state index contributed by atoms with van der Waals surface area (Å²) in [5.41, 5.74) is 0.150. The first-order chi connectivity index (χ1) is 16.3. The summed E-state index contributed by atoms with van der Waals surface area (Å²) in [6.45, 7) is 4.02. The third-order valence-corrected chi connectivity index (χ3v) is 5.92. The number of fused-ring (bicyclic) bond motifs is 1.